The predicted octanol–water partition coefficient (Wildman–Crippen LogP) is 3.36. The number of anilines is 1. The number of rotatable bonds is 4. The summed E-state index contributed by atoms with van der Waals surface area (Å²) in [6.07, 6.45) is 1.22. The molecule has 2 rings (SSSR count). The van der Waals surface area contributed by atoms with Crippen LogP contribution in [0.4, 0.5) is 5.69 Å². The molecule has 0 amide bonds. The second-order valence-corrected chi connectivity index (χ2v) is 6.85. The highest BCUT2D eigenvalue weighted by atomic mass is 32.2. The number of nitrogens with zero attached hydrogens (tertiary/aromatic N) is 2. The van der Waals surface area contributed by atoms with Crippen molar-refractivity contribution in [2.45, 2.75) is 31.6 Å². The summed E-state index contributed by atoms with van der Waals surface area (Å²) in [5.74, 6) is 0.202. The van der Waals surface area contributed by atoms with Crippen molar-refractivity contribution in [3.8, 4) is 6.07 Å². The lowest BCUT2D eigenvalue weighted by atomic mass is 9.80. The topological polar surface area (TPSA) is 64.3 Å². The molecule has 0 radical (unpaired) electrons. The molecule has 1 heterocycles. The largest absolute Gasteiger partial charge is 0.481 e. The second-order valence-electron chi connectivity index (χ2n) is 5.55. The number of carbonyl (C=O) groups is 1. The van der Waals surface area contributed by atoms with Gasteiger partial charge in [-0.3, -0.25) is 4.79 Å². The molecule has 0 unspecified atom stereocenters. The fraction of sp³-hybridized carbons (Fsp3) is 0.500. The first-order valence-electron chi connectivity index (χ1n) is 7.16. The number of benzene rings is 1. The van der Waals surface area contributed by atoms with Crippen LogP contribution in [0.3, 0.4) is 0 Å². The molecular formula is C16H20N2O2S. The molecule has 0 atom stereocenters. The molecule has 0 aromatic heterocycles. The molecule has 5 heteroatoms. The Hall–Kier alpha value is -1.67. The molecule has 1 aromatic rings. The van der Waals surface area contributed by atoms with E-state index in [4.69, 9.17) is 0 Å². The Labute approximate surface area is 129 Å². The summed E-state index contributed by atoms with van der Waals surface area (Å²) in [5.41, 5.74) is 1.01. The van der Waals surface area contributed by atoms with E-state index in [2.05, 4.69) is 17.9 Å². The highest BCUT2D eigenvalue weighted by Crippen LogP contribution is 2.36. The van der Waals surface area contributed by atoms with Crippen LogP contribution >= 0.6 is 11.8 Å². The molecule has 0 saturated carbocycles. The lowest BCUT2D eigenvalue weighted by molar-refractivity contribution is -0.149. The maximum atomic E-state index is 11.3. The minimum absolute atomic E-state index is 0.609. The Morgan fingerprint density at radius 2 is 2.14 bits per heavy atom. The van der Waals surface area contributed by atoms with Crippen LogP contribution in [0.2, 0.25) is 0 Å². The van der Waals surface area contributed by atoms with E-state index in [1.165, 1.54) is 0 Å². The van der Waals surface area contributed by atoms with Crippen LogP contribution in [0.15, 0.2) is 23.1 Å². The van der Waals surface area contributed by atoms with E-state index in [1.54, 1.807) is 18.7 Å². The van der Waals surface area contributed by atoms with Crippen molar-refractivity contribution in [3.63, 3.8) is 0 Å². The van der Waals surface area contributed by atoms with E-state index >= 15 is 0 Å². The van der Waals surface area contributed by atoms with Gasteiger partial charge >= 0.3 is 5.97 Å². The molecule has 1 fully saturated rings. The highest BCUT2D eigenvalue weighted by Gasteiger charge is 2.37. The summed E-state index contributed by atoms with van der Waals surface area (Å²) < 4.78 is 0. The van der Waals surface area contributed by atoms with Crippen LogP contribution in [0.5, 0.6) is 0 Å². The normalized spacial score (nSPS) is 17.3. The average Bonchev–Trinajstić information content (AvgIpc) is 2.48. The van der Waals surface area contributed by atoms with Crippen molar-refractivity contribution in [2.24, 2.45) is 5.41 Å². The van der Waals surface area contributed by atoms with Crippen LogP contribution in [0, 0.1) is 16.7 Å². The third-order valence-electron chi connectivity index (χ3n) is 4.14. The summed E-state index contributed by atoms with van der Waals surface area (Å²) in [6.45, 7) is 5.23. The van der Waals surface area contributed by atoms with Crippen LogP contribution in [-0.4, -0.2) is 29.9 Å². The van der Waals surface area contributed by atoms with Crippen molar-refractivity contribution in [1.82, 2.24) is 0 Å². The number of piperidine rings is 1. The van der Waals surface area contributed by atoms with Gasteiger partial charge in [0.05, 0.1) is 16.7 Å². The molecule has 1 aliphatic heterocycles. The van der Waals surface area contributed by atoms with Crippen LogP contribution < -0.4 is 4.90 Å². The molecule has 1 aliphatic rings. The number of hydrogen-bond donors (Lipinski definition) is 1. The van der Waals surface area contributed by atoms with E-state index in [9.17, 15) is 15.2 Å². The van der Waals surface area contributed by atoms with Gasteiger partial charge in [-0.1, -0.05) is 13.0 Å². The van der Waals surface area contributed by atoms with Gasteiger partial charge in [0.1, 0.15) is 6.07 Å². The van der Waals surface area contributed by atoms with Gasteiger partial charge in [0.25, 0.3) is 0 Å². The molecule has 1 saturated heterocycles. The fourth-order valence-corrected chi connectivity index (χ4v) is 3.41. The van der Waals surface area contributed by atoms with Crippen molar-refractivity contribution in [1.29, 1.82) is 5.26 Å². The Balaban J connectivity index is 2.23. The third kappa shape index (κ3) is 3.16. The van der Waals surface area contributed by atoms with Gasteiger partial charge in [-0.25, -0.2) is 0 Å². The molecule has 0 bridgehead atoms. The molecule has 112 valence electrons. The number of aliphatic carboxylic acids is 1. The van der Waals surface area contributed by atoms with Gasteiger partial charge in [0.2, 0.25) is 0 Å². The number of carboxylic acids is 1. The first-order chi connectivity index (χ1) is 10.0. The second kappa shape index (κ2) is 6.40. The molecule has 21 heavy (non-hydrogen) atoms. The van der Waals surface area contributed by atoms with Crippen LogP contribution in [0.25, 0.3) is 0 Å². The first kappa shape index (κ1) is 15.7. The number of hydrogen-bond acceptors (Lipinski definition) is 4. The number of thioether (sulfide) groups is 1. The molecular weight excluding hydrogens is 284 g/mol. The molecule has 0 spiro atoms. The van der Waals surface area contributed by atoms with E-state index in [-0.39, 0.29) is 0 Å². The monoisotopic (exact) mass is 304 g/mol. The zero-order chi connectivity index (χ0) is 15.5. The van der Waals surface area contributed by atoms with Gasteiger partial charge in [-0.2, -0.15) is 5.26 Å². The maximum absolute atomic E-state index is 11.3. The minimum Gasteiger partial charge on any atom is -0.481 e. The van der Waals surface area contributed by atoms with Crippen molar-refractivity contribution >= 4 is 23.4 Å². The quantitative estimate of drug-likeness (QED) is 0.864. The molecule has 0 aliphatic carbocycles. The van der Waals surface area contributed by atoms with Gasteiger partial charge in [0.15, 0.2) is 0 Å². The Bertz CT molecular complexity index is 572. The zero-order valence-corrected chi connectivity index (χ0v) is 13.2. The lowest BCUT2D eigenvalue weighted by Gasteiger charge is -2.38. The van der Waals surface area contributed by atoms with Gasteiger partial charge in [-0.15, -0.1) is 11.8 Å². The molecule has 1 N–H and O–H groups in total. The fourth-order valence-electron chi connectivity index (χ4n) is 2.63. The predicted molar refractivity (Wildman–Crippen MR) is 84.7 cm³/mol. The molecule has 1 aromatic carbocycles. The van der Waals surface area contributed by atoms with Crippen LogP contribution in [0.1, 0.15) is 32.3 Å². The summed E-state index contributed by atoms with van der Waals surface area (Å²) >= 11 is 1.67. The summed E-state index contributed by atoms with van der Waals surface area (Å²) in [4.78, 5) is 14.5. The van der Waals surface area contributed by atoms with E-state index in [0.29, 0.717) is 31.5 Å². The van der Waals surface area contributed by atoms with E-state index in [0.717, 1.165) is 16.3 Å². The maximum Gasteiger partial charge on any atom is 0.309 e. The number of carboxylic acid groups (broad SMARTS) is 1. The van der Waals surface area contributed by atoms with Crippen molar-refractivity contribution in [2.75, 3.05) is 23.7 Å². The Morgan fingerprint density at radius 3 is 2.67 bits per heavy atom. The van der Waals surface area contributed by atoms with Gasteiger partial charge in [-0.05, 0) is 37.7 Å². The Kier molecular flexibility index (Phi) is 4.79. The summed E-state index contributed by atoms with van der Waals surface area (Å²) in [7, 11) is 0. The Morgan fingerprint density at radius 1 is 1.48 bits per heavy atom. The highest BCUT2D eigenvalue weighted by molar-refractivity contribution is 7.99. The van der Waals surface area contributed by atoms with Crippen LogP contribution in [-0.2, 0) is 4.79 Å². The first-order valence-corrected chi connectivity index (χ1v) is 8.14. The molecule has 4 nitrogen and oxygen atoms in total. The van der Waals surface area contributed by atoms with Crippen molar-refractivity contribution in [3.05, 3.63) is 23.8 Å². The smallest absolute Gasteiger partial charge is 0.309 e. The zero-order valence-electron chi connectivity index (χ0n) is 12.4. The van der Waals surface area contributed by atoms with Crippen molar-refractivity contribution < 1.29 is 9.90 Å². The van der Waals surface area contributed by atoms with Gasteiger partial charge in [0, 0.05) is 18.0 Å². The van der Waals surface area contributed by atoms with E-state index in [1.807, 2.05) is 18.2 Å². The summed E-state index contributed by atoms with van der Waals surface area (Å²) in [5, 5.41) is 18.8. The lowest BCUT2D eigenvalue weighted by Crippen LogP contribution is -2.43. The minimum atomic E-state index is -0.724. The number of nitriles is 1. The van der Waals surface area contributed by atoms with Gasteiger partial charge < -0.3 is 10.0 Å². The average molecular weight is 304 g/mol. The SMILES string of the molecule is CCSc1cccc(N2CCC(C)(C(=O)O)CC2)c1C#N. The standard InChI is InChI=1S/C16H20N2O2S/c1-3-21-14-6-4-5-13(12(14)11-17)18-9-7-16(2,8-10-18)15(19)20/h4-6H,3,7-10H2,1-2H3,(H,19,20). The summed E-state index contributed by atoms with van der Waals surface area (Å²) in [6, 6.07) is 8.22. The third-order valence-corrected chi connectivity index (χ3v) is 5.08. The van der Waals surface area contributed by atoms with E-state index < -0.39 is 11.4 Å².